The molecule has 0 atom stereocenters. The van der Waals surface area contributed by atoms with Crippen molar-refractivity contribution in [1.29, 1.82) is 0 Å². The molecule has 0 amide bonds. The van der Waals surface area contributed by atoms with E-state index in [-0.39, 0.29) is 11.8 Å². The van der Waals surface area contributed by atoms with Gasteiger partial charge in [0.1, 0.15) is 0 Å². The highest BCUT2D eigenvalue weighted by atomic mass is 127. The van der Waals surface area contributed by atoms with E-state index in [0.717, 1.165) is 12.8 Å². The van der Waals surface area contributed by atoms with Gasteiger partial charge in [-0.25, -0.2) is 0 Å². The molecule has 0 aromatic heterocycles. The number of hydrogen-bond donors (Lipinski definition) is 1. The van der Waals surface area contributed by atoms with Gasteiger partial charge in [-0.05, 0) is 53.1 Å². The Balaban J connectivity index is 2.22. The average molecular weight is 302 g/mol. The highest BCUT2D eigenvalue weighted by Crippen LogP contribution is 2.50. The van der Waals surface area contributed by atoms with Crippen LogP contribution < -0.4 is 0 Å². The Bertz CT molecular complexity index is 352. The van der Waals surface area contributed by atoms with E-state index >= 15 is 0 Å². The van der Waals surface area contributed by atoms with Crippen LogP contribution in [0.4, 0.5) is 0 Å². The van der Waals surface area contributed by atoms with E-state index in [4.69, 9.17) is 5.11 Å². The van der Waals surface area contributed by atoms with Gasteiger partial charge in [0.15, 0.2) is 0 Å². The number of hydrogen-bond acceptors (Lipinski definition) is 1. The Morgan fingerprint density at radius 3 is 2.36 bits per heavy atom. The maximum Gasteiger partial charge on any atom is 0.304 e. The first-order valence-corrected chi connectivity index (χ1v) is 5.68. The average Bonchev–Trinajstić information content (AvgIpc) is 2.85. The fourth-order valence-corrected chi connectivity index (χ4v) is 2.17. The summed E-state index contributed by atoms with van der Waals surface area (Å²) in [7, 11) is 0. The molecule has 0 spiro atoms. The number of carboxylic acids is 1. The molecule has 74 valence electrons. The molecular formula is C11H11IO2. The standard InChI is InChI=1S/C11H11IO2/c12-9-3-1-8(2-4-9)11(5-6-11)7-10(13)14/h1-4H,5-7H2,(H,13,14). The van der Waals surface area contributed by atoms with Crippen molar-refractivity contribution in [2.45, 2.75) is 24.7 Å². The summed E-state index contributed by atoms with van der Waals surface area (Å²) in [4.78, 5) is 10.7. The zero-order valence-corrected chi connectivity index (χ0v) is 9.82. The first kappa shape index (κ1) is 9.96. The van der Waals surface area contributed by atoms with Crippen molar-refractivity contribution < 1.29 is 9.90 Å². The Morgan fingerprint density at radius 1 is 1.36 bits per heavy atom. The molecule has 2 rings (SSSR count). The van der Waals surface area contributed by atoms with Crippen molar-refractivity contribution in [3.8, 4) is 0 Å². The van der Waals surface area contributed by atoms with Crippen molar-refractivity contribution >= 4 is 28.6 Å². The topological polar surface area (TPSA) is 37.3 Å². The third kappa shape index (κ3) is 1.92. The number of halogens is 1. The fraction of sp³-hybridized carbons (Fsp3) is 0.364. The second-order valence-corrected chi connectivity index (χ2v) is 5.10. The molecule has 2 nitrogen and oxygen atoms in total. The fourth-order valence-electron chi connectivity index (χ4n) is 1.81. The third-order valence-corrected chi connectivity index (χ3v) is 3.52. The summed E-state index contributed by atoms with van der Waals surface area (Å²) >= 11 is 2.25. The lowest BCUT2D eigenvalue weighted by atomic mass is 9.93. The lowest BCUT2D eigenvalue weighted by Crippen LogP contribution is -2.12. The minimum Gasteiger partial charge on any atom is -0.481 e. The van der Waals surface area contributed by atoms with Crippen LogP contribution in [-0.4, -0.2) is 11.1 Å². The normalized spacial score (nSPS) is 17.8. The summed E-state index contributed by atoms with van der Waals surface area (Å²) in [6.07, 6.45) is 2.30. The van der Waals surface area contributed by atoms with Crippen LogP contribution in [0.15, 0.2) is 24.3 Å². The molecule has 0 aliphatic heterocycles. The molecule has 1 aromatic carbocycles. The van der Waals surface area contributed by atoms with Gasteiger partial charge in [0.05, 0.1) is 6.42 Å². The van der Waals surface area contributed by atoms with Crippen LogP contribution in [0.25, 0.3) is 0 Å². The van der Waals surface area contributed by atoms with Crippen molar-refractivity contribution in [2.24, 2.45) is 0 Å². The predicted molar refractivity (Wildman–Crippen MR) is 62.3 cm³/mol. The lowest BCUT2D eigenvalue weighted by molar-refractivity contribution is -0.137. The SMILES string of the molecule is O=C(O)CC1(c2ccc(I)cc2)CC1. The quantitative estimate of drug-likeness (QED) is 0.872. The Labute approximate surface area is 96.5 Å². The van der Waals surface area contributed by atoms with Crippen LogP contribution in [0.1, 0.15) is 24.8 Å². The van der Waals surface area contributed by atoms with E-state index in [2.05, 4.69) is 34.7 Å². The van der Waals surface area contributed by atoms with Gasteiger partial charge in [-0.2, -0.15) is 0 Å². The molecular weight excluding hydrogens is 291 g/mol. The molecule has 14 heavy (non-hydrogen) atoms. The molecule has 1 aromatic rings. The van der Waals surface area contributed by atoms with Crippen LogP contribution in [0.3, 0.4) is 0 Å². The minimum atomic E-state index is -0.693. The van der Waals surface area contributed by atoms with Gasteiger partial charge in [0.25, 0.3) is 0 Å². The Hall–Kier alpha value is -0.580. The second kappa shape index (κ2) is 3.53. The molecule has 3 heteroatoms. The van der Waals surface area contributed by atoms with Crippen molar-refractivity contribution in [3.05, 3.63) is 33.4 Å². The van der Waals surface area contributed by atoms with Crippen LogP contribution >= 0.6 is 22.6 Å². The molecule has 1 N–H and O–H groups in total. The van der Waals surface area contributed by atoms with Gasteiger partial charge >= 0.3 is 5.97 Å². The summed E-state index contributed by atoms with van der Waals surface area (Å²) in [6, 6.07) is 8.19. The van der Waals surface area contributed by atoms with E-state index < -0.39 is 5.97 Å². The lowest BCUT2D eigenvalue weighted by Gasteiger charge is -2.12. The summed E-state index contributed by atoms with van der Waals surface area (Å²) in [5, 5.41) is 8.80. The van der Waals surface area contributed by atoms with E-state index in [1.165, 1.54) is 9.13 Å². The van der Waals surface area contributed by atoms with Crippen LogP contribution in [-0.2, 0) is 10.2 Å². The monoisotopic (exact) mass is 302 g/mol. The molecule has 1 saturated carbocycles. The number of carboxylic acid groups (broad SMARTS) is 1. The maximum atomic E-state index is 10.7. The molecule has 0 bridgehead atoms. The zero-order chi connectivity index (χ0) is 10.2. The highest BCUT2D eigenvalue weighted by Gasteiger charge is 2.45. The number of rotatable bonds is 3. The summed E-state index contributed by atoms with van der Waals surface area (Å²) in [6.45, 7) is 0. The van der Waals surface area contributed by atoms with Crippen LogP contribution in [0.2, 0.25) is 0 Å². The smallest absolute Gasteiger partial charge is 0.304 e. The zero-order valence-electron chi connectivity index (χ0n) is 7.66. The minimum absolute atomic E-state index is 0.0455. The van der Waals surface area contributed by atoms with Crippen molar-refractivity contribution in [2.75, 3.05) is 0 Å². The molecule has 1 aliphatic carbocycles. The third-order valence-electron chi connectivity index (χ3n) is 2.80. The highest BCUT2D eigenvalue weighted by molar-refractivity contribution is 14.1. The number of benzene rings is 1. The van der Waals surface area contributed by atoms with E-state index in [0.29, 0.717) is 0 Å². The molecule has 0 unspecified atom stereocenters. The maximum absolute atomic E-state index is 10.7. The van der Waals surface area contributed by atoms with Crippen LogP contribution in [0.5, 0.6) is 0 Å². The molecule has 1 fully saturated rings. The number of aliphatic carboxylic acids is 1. The van der Waals surface area contributed by atoms with Gasteiger partial charge in [-0.15, -0.1) is 0 Å². The van der Waals surface area contributed by atoms with Crippen molar-refractivity contribution in [3.63, 3.8) is 0 Å². The summed E-state index contributed by atoms with van der Waals surface area (Å²) in [5.74, 6) is -0.693. The van der Waals surface area contributed by atoms with Crippen molar-refractivity contribution in [1.82, 2.24) is 0 Å². The molecule has 0 heterocycles. The second-order valence-electron chi connectivity index (χ2n) is 3.86. The van der Waals surface area contributed by atoms with Gasteiger partial charge in [0.2, 0.25) is 0 Å². The predicted octanol–water partition coefficient (Wildman–Crippen LogP) is 2.80. The summed E-state index contributed by atoms with van der Waals surface area (Å²) in [5.41, 5.74) is 1.14. The Kier molecular flexibility index (Phi) is 2.51. The van der Waals surface area contributed by atoms with E-state index in [1.807, 2.05) is 12.1 Å². The number of carbonyl (C=O) groups is 1. The van der Waals surface area contributed by atoms with Crippen LogP contribution in [0, 0.1) is 3.57 Å². The van der Waals surface area contributed by atoms with E-state index in [9.17, 15) is 4.79 Å². The summed E-state index contributed by atoms with van der Waals surface area (Å²) < 4.78 is 1.19. The first-order chi connectivity index (χ1) is 6.62. The van der Waals surface area contributed by atoms with Gasteiger partial charge in [0, 0.05) is 8.99 Å². The first-order valence-electron chi connectivity index (χ1n) is 4.60. The van der Waals surface area contributed by atoms with Gasteiger partial charge in [-0.3, -0.25) is 4.79 Å². The van der Waals surface area contributed by atoms with Gasteiger partial charge in [-0.1, -0.05) is 12.1 Å². The largest absolute Gasteiger partial charge is 0.481 e. The van der Waals surface area contributed by atoms with Gasteiger partial charge < -0.3 is 5.11 Å². The van der Waals surface area contributed by atoms with E-state index in [1.54, 1.807) is 0 Å². The molecule has 0 saturated heterocycles. The molecule has 0 radical (unpaired) electrons. The Morgan fingerprint density at radius 2 is 1.93 bits per heavy atom. The molecule has 1 aliphatic rings.